The standard InChI is InChI=1S/C17H15ClF2N2O3/c18-12-7-10(8-15-16(12)25-6-5-24-15)3-4-21-17(23)22-14-2-1-11(19)9-13(14)20/h1-2,7-9H,3-6H2,(H2,21,22,23). The van der Waals surface area contributed by atoms with Gasteiger partial charge in [-0.25, -0.2) is 13.6 Å². The molecule has 8 heteroatoms. The number of fused-ring (bicyclic) bond motifs is 1. The van der Waals surface area contributed by atoms with Crippen LogP contribution in [-0.2, 0) is 6.42 Å². The highest BCUT2D eigenvalue weighted by molar-refractivity contribution is 6.32. The molecule has 5 nitrogen and oxygen atoms in total. The molecular weight excluding hydrogens is 354 g/mol. The lowest BCUT2D eigenvalue weighted by Crippen LogP contribution is -2.30. The first-order chi connectivity index (χ1) is 12.0. The van der Waals surface area contributed by atoms with Crippen molar-refractivity contribution < 1.29 is 23.0 Å². The lowest BCUT2D eigenvalue weighted by molar-refractivity contribution is 0.171. The number of hydrogen-bond donors (Lipinski definition) is 2. The van der Waals surface area contributed by atoms with Crippen molar-refractivity contribution in [2.75, 3.05) is 25.1 Å². The molecule has 0 aliphatic carbocycles. The fourth-order valence-electron chi connectivity index (χ4n) is 2.39. The van der Waals surface area contributed by atoms with Crippen molar-refractivity contribution in [1.82, 2.24) is 5.32 Å². The Morgan fingerprint density at radius 1 is 1.16 bits per heavy atom. The molecule has 0 radical (unpaired) electrons. The third-order valence-corrected chi connectivity index (χ3v) is 3.82. The number of ether oxygens (including phenoxy) is 2. The number of halogens is 3. The van der Waals surface area contributed by atoms with Crippen LogP contribution in [0.15, 0.2) is 30.3 Å². The zero-order valence-electron chi connectivity index (χ0n) is 13.1. The van der Waals surface area contributed by atoms with Gasteiger partial charge in [-0.15, -0.1) is 0 Å². The minimum atomic E-state index is -0.839. The van der Waals surface area contributed by atoms with E-state index in [9.17, 15) is 13.6 Å². The monoisotopic (exact) mass is 368 g/mol. The molecule has 3 rings (SSSR count). The normalized spacial score (nSPS) is 12.6. The molecule has 0 saturated carbocycles. The van der Waals surface area contributed by atoms with Crippen molar-refractivity contribution in [2.24, 2.45) is 0 Å². The molecule has 2 N–H and O–H groups in total. The van der Waals surface area contributed by atoms with Crippen LogP contribution in [0.2, 0.25) is 5.02 Å². The molecule has 2 amide bonds. The molecule has 2 aromatic carbocycles. The van der Waals surface area contributed by atoms with E-state index < -0.39 is 17.7 Å². The maximum Gasteiger partial charge on any atom is 0.319 e. The summed E-state index contributed by atoms with van der Waals surface area (Å²) in [5.41, 5.74) is 0.767. The smallest absolute Gasteiger partial charge is 0.319 e. The highest BCUT2D eigenvalue weighted by Crippen LogP contribution is 2.38. The molecular formula is C17H15ClF2N2O3. The maximum absolute atomic E-state index is 13.5. The summed E-state index contributed by atoms with van der Waals surface area (Å²) >= 11 is 6.15. The molecule has 1 aliphatic rings. The Morgan fingerprint density at radius 2 is 1.96 bits per heavy atom. The lowest BCUT2D eigenvalue weighted by Gasteiger charge is -2.20. The van der Waals surface area contributed by atoms with Crippen molar-refractivity contribution in [1.29, 1.82) is 0 Å². The number of carbonyl (C=O) groups excluding carboxylic acids is 1. The molecule has 0 atom stereocenters. The van der Waals surface area contributed by atoms with Crippen LogP contribution in [0.5, 0.6) is 11.5 Å². The van der Waals surface area contributed by atoms with Gasteiger partial charge in [-0.1, -0.05) is 11.6 Å². The summed E-state index contributed by atoms with van der Waals surface area (Å²) < 4.78 is 37.2. The van der Waals surface area contributed by atoms with Gasteiger partial charge in [-0.3, -0.25) is 0 Å². The first kappa shape index (κ1) is 17.3. The highest BCUT2D eigenvalue weighted by Gasteiger charge is 2.16. The topological polar surface area (TPSA) is 59.6 Å². The fourth-order valence-corrected chi connectivity index (χ4v) is 2.67. The van der Waals surface area contributed by atoms with Gasteiger partial charge in [0.25, 0.3) is 0 Å². The van der Waals surface area contributed by atoms with E-state index in [0.717, 1.165) is 17.7 Å². The van der Waals surface area contributed by atoms with Crippen LogP contribution in [0, 0.1) is 11.6 Å². The fraction of sp³-hybridized carbons (Fsp3) is 0.235. The average molecular weight is 369 g/mol. The number of urea groups is 1. The highest BCUT2D eigenvalue weighted by atomic mass is 35.5. The Kier molecular flexibility index (Phi) is 5.23. The van der Waals surface area contributed by atoms with E-state index in [1.807, 2.05) is 0 Å². The van der Waals surface area contributed by atoms with Gasteiger partial charge in [-0.2, -0.15) is 0 Å². The molecule has 0 spiro atoms. The number of carbonyl (C=O) groups is 1. The Hall–Kier alpha value is -2.54. The molecule has 0 unspecified atom stereocenters. The molecule has 0 fully saturated rings. The lowest BCUT2D eigenvalue weighted by atomic mass is 10.1. The molecule has 0 aromatic heterocycles. The SMILES string of the molecule is O=C(NCCc1cc(Cl)c2c(c1)OCCO2)Nc1ccc(F)cc1F. The van der Waals surface area contributed by atoms with Crippen LogP contribution >= 0.6 is 11.6 Å². The maximum atomic E-state index is 13.5. The summed E-state index contributed by atoms with van der Waals surface area (Å²) in [6.45, 7) is 1.20. The zero-order chi connectivity index (χ0) is 17.8. The molecule has 1 aliphatic heterocycles. The van der Waals surface area contributed by atoms with E-state index in [1.54, 1.807) is 12.1 Å². The number of hydrogen-bond acceptors (Lipinski definition) is 3. The van der Waals surface area contributed by atoms with Crippen LogP contribution in [0.4, 0.5) is 19.3 Å². The number of amides is 2. The quantitative estimate of drug-likeness (QED) is 0.864. The van der Waals surface area contributed by atoms with Crippen LogP contribution < -0.4 is 20.1 Å². The van der Waals surface area contributed by atoms with Crippen molar-refractivity contribution in [2.45, 2.75) is 6.42 Å². The Balaban J connectivity index is 1.54. The predicted octanol–water partition coefficient (Wildman–Crippen LogP) is 3.75. The van der Waals surface area contributed by atoms with Crippen molar-refractivity contribution in [3.05, 3.63) is 52.6 Å². The van der Waals surface area contributed by atoms with E-state index in [1.165, 1.54) is 0 Å². The van der Waals surface area contributed by atoms with Crippen molar-refractivity contribution in [3.8, 4) is 11.5 Å². The summed E-state index contributed by atoms with van der Waals surface area (Å²) in [6, 6.07) is 5.88. The van der Waals surface area contributed by atoms with Crippen molar-refractivity contribution in [3.63, 3.8) is 0 Å². The third kappa shape index (κ3) is 4.30. The Labute approximate surface area is 147 Å². The second-order valence-corrected chi connectivity index (χ2v) is 5.76. The van der Waals surface area contributed by atoms with E-state index in [2.05, 4.69) is 10.6 Å². The molecule has 2 aromatic rings. The summed E-state index contributed by atoms with van der Waals surface area (Å²) in [5.74, 6) is -0.451. The molecule has 1 heterocycles. The Bertz CT molecular complexity index is 802. The van der Waals surface area contributed by atoms with Gasteiger partial charge in [0.05, 0.1) is 10.7 Å². The van der Waals surface area contributed by atoms with Crippen LogP contribution in [-0.4, -0.2) is 25.8 Å². The Morgan fingerprint density at radius 3 is 2.76 bits per heavy atom. The first-order valence-electron chi connectivity index (χ1n) is 7.61. The van der Waals surface area contributed by atoms with Gasteiger partial charge in [0.15, 0.2) is 11.5 Å². The predicted molar refractivity (Wildman–Crippen MR) is 89.5 cm³/mol. The number of benzene rings is 2. The number of rotatable bonds is 4. The van der Waals surface area contributed by atoms with Gasteiger partial charge in [0.1, 0.15) is 24.8 Å². The van der Waals surface area contributed by atoms with Gasteiger partial charge in [0.2, 0.25) is 0 Å². The van der Waals surface area contributed by atoms with Crippen molar-refractivity contribution >= 4 is 23.3 Å². The van der Waals surface area contributed by atoms with E-state index in [4.69, 9.17) is 21.1 Å². The van der Waals surface area contributed by atoms with Gasteiger partial charge < -0.3 is 20.1 Å². The van der Waals surface area contributed by atoms with Gasteiger partial charge >= 0.3 is 6.03 Å². The third-order valence-electron chi connectivity index (χ3n) is 3.54. The summed E-state index contributed by atoms with van der Waals surface area (Å²) in [6.07, 6.45) is 0.496. The second kappa shape index (κ2) is 7.57. The molecule has 25 heavy (non-hydrogen) atoms. The first-order valence-corrected chi connectivity index (χ1v) is 7.98. The van der Waals surface area contributed by atoms with E-state index in [-0.39, 0.29) is 5.69 Å². The summed E-state index contributed by atoms with van der Waals surface area (Å²) in [5, 5.41) is 5.37. The van der Waals surface area contributed by atoms with Gasteiger partial charge in [-0.05, 0) is 36.2 Å². The number of nitrogens with one attached hydrogen (secondary N) is 2. The van der Waals surface area contributed by atoms with Crippen LogP contribution in [0.25, 0.3) is 0 Å². The molecule has 0 saturated heterocycles. The largest absolute Gasteiger partial charge is 0.486 e. The van der Waals surface area contributed by atoms with E-state index in [0.29, 0.717) is 48.8 Å². The van der Waals surface area contributed by atoms with E-state index >= 15 is 0 Å². The molecule has 132 valence electrons. The van der Waals surface area contributed by atoms with Gasteiger partial charge in [0, 0.05) is 12.6 Å². The minimum Gasteiger partial charge on any atom is -0.486 e. The van der Waals surface area contributed by atoms with Crippen LogP contribution in [0.3, 0.4) is 0 Å². The zero-order valence-corrected chi connectivity index (χ0v) is 13.8. The second-order valence-electron chi connectivity index (χ2n) is 5.36. The average Bonchev–Trinajstić information content (AvgIpc) is 2.57. The summed E-state index contributed by atoms with van der Waals surface area (Å²) in [4.78, 5) is 11.8. The minimum absolute atomic E-state index is 0.0960. The van der Waals surface area contributed by atoms with Crippen LogP contribution in [0.1, 0.15) is 5.56 Å². The summed E-state index contributed by atoms with van der Waals surface area (Å²) in [7, 11) is 0. The molecule has 0 bridgehead atoms. The number of anilines is 1.